The minimum atomic E-state index is -5.05. The van der Waals surface area contributed by atoms with Crippen molar-refractivity contribution in [2.75, 3.05) is 26.4 Å². The number of carbonyl (C=O) groups is 1. The second-order valence-corrected chi connectivity index (χ2v) is 13.1. The molecule has 1 heterocycles. The molecule has 1 rings (SSSR count). The molecule has 6 atom stereocenters. The Morgan fingerprint density at radius 1 is 0.812 bits per heavy atom. The molecule has 48 heavy (non-hydrogen) atoms. The van der Waals surface area contributed by atoms with Gasteiger partial charge in [0, 0.05) is 13.0 Å². The lowest BCUT2D eigenvalue weighted by Crippen LogP contribution is -2.60. The van der Waals surface area contributed by atoms with Gasteiger partial charge in [0.2, 0.25) is 0 Å². The van der Waals surface area contributed by atoms with Crippen LogP contribution < -0.4 is 0 Å². The van der Waals surface area contributed by atoms with Crippen molar-refractivity contribution in [3.63, 3.8) is 0 Å². The predicted octanol–water partition coefficient (Wildman–Crippen LogP) is 5.51. The molecular formula is C35H62O12S. The van der Waals surface area contributed by atoms with Gasteiger partial charge in [-0.3, -0.25) is 9.35 Å². The van der Waals surface area contributed by atoms with Crippen molar-refractivity contribution in [1.82, 2.24) is 0 Å². The molecule has 0 amide bonds. The number of hydrogen-bond donors (Lipinski definition) is 4. The first-order valence-corrected chi connectivity index (χ1v) is 19.1. The molecule has 6 unspecified atom stereocenters. The van der Waals surface area contributed by atoms with Crippen molar-refractivity contribution in [3.8, 4) is 0 Å². The highest BCUT2D eigenvalue weighted by Gasteiger charge is 2.48. The summed E-state index contributed by atoms with van der Waals surface area (Å²) in [5.74, 6) is -0.420. The van der Waals surface area contributed by atoms with Gasteiger partial charge >= 0.3 is 16.4 Å². The number of aliphatic hydroxyl groups excluding tert-OH is 3. The Balaban J connectivity index is 2.46. The van der Waals surface area contributed by atoms with Crippen LogP contribution in [0.5, 0.6) is 0 Å². The van der Waals surface area contributed by atoms with Gasteiger partial charge in [0.25, 0.3) is 0 Å². The quantitative estimate of drug-likeness (QED) is 0.0332. The molecular weight excluding hydrogens is 644 g/mol. The van der Waals surface area contributed by atoms with E-state index in [1.807, 2.05) is 0 Å². The van der Waals surface area contributed by atoms with E-state index in [2.05, 4.69) is 54.5 Å². The van der Waals surface area contributed by atoms with E-state index < -0.39 is 59.8 Å². The van der Waals surface area contributed by atoms with Crippen molar-refractivity contribution >= 4 is 16.4 Å². The first-order valence-electron chi connectivity index (χ1n) is 17.7. The summed E-state index contributed by atoms with van der Waals surface area (Å²) in [4.78, 5) is 12.5. The fourth-order valence-corrected chi connectivity index (χ4v) is 5.60. The number of ether oxygens (including phenoxy) is 4. The number of hydrogen-bond acceptors (Lipinski definition) is 11. The van der Waals surface area contributed by atoms with Crippen LogP contribution in [-0.4, -0.2) is 97.5 Å². The molecule has 13 heteroatoms. The molecule has 0 spiro atoms. The standard InChI is InChI=1S/C35H62O12S/c1-3-5-7-9-10-11-12-13-14-15-16-17-18-19-21-23-25-43-27-29(45-31(37)24-22-20-8-6-4-2)28-44-35-33(39)34(47-48(40,41)42)32(38)30(26-36)46-35/h5,7,10-11,13-14,29-30,32-36,38-39H,3-4,6,8-9,12,15-28H2,1-2H3,(H,40,41,42)/b7-5-,11-10-,14-13-. The predicted molar refractivity (Wildman–Crippen MR) is 183 cm³/mol. The third-order valence-electron chi connectivity index (χ3n) is 7.78. The minimum Gasteiger partial charge on any atom is -0.457 e. The summed E-state index contributed by atoms with van der Waals surface area (Å²) in [7, 11) is -5.05. The van der Waals surface area contributed by atoms with Gasteiger partial charge in [-0.05, 0) is 44.9 Å². The summed E-state index contributed by atoms with van der Waals surface area (Å²) in [5.41, 5.74) is 0. The van der Waals surface area contributed by atoms with E-state index in [9.17, 15) is 28.5 Å². The monoisotopic (exact) mass is 706 g/mol. The largest absolute Gasteiger partial charge is 0.457 e. The first-order chi connectivity index (χ1) is 23.1. The second kappa shape index (κ2) is 28.1. The van der Waals surface area contributed by atoms with Gasteiger partial charge in [-0.15, -0.1) is 0 Å². The van der Waals surface area contributed by atoms with E-state index in [1.165, 1.54) is 12.8 Å². The average molecular weight is 707 g/mol. The summed E-state index contributed by atoms with van der Waals surface area (Å²) in [6.07, 6.45) is 19.6. The van der Waals surface area contributed by atoms with Gasteiger partial charge in [-0.1, -0.05) is 102 Å². The maximum atomic E-state index is 12.5. The molecule has 4 N–H and O–H groups in total. The van der Waals surface area contributed by atoms with Gasteiger partial charge < -0.3 is 34.3 Å². The molecule has 1 aliphatic heterocycles. The van der Waals surface area contributed by atoms with Crippen LogP contribution in [0.2, 0.25) is 0 Å². The Hall–Kier alpha value is -1.68. The lowest BCUT2D eigenvalue weighted by Gasteiger charge is -2.41. The third-order valence-corrected chi connectivity index (χ3v) is 8.24. The topological polar surface area (TPSA) is 178 Å². The molecule has 1 saturated heterocycles. The van der Waals surface area contributed by atoms with Crippen LogP contribution >= 0.6 is 0 Å². The second-order valence-electron chi connectivity index (χ2n) is 12.1. The molecule has 0 saturated carbocycles. The highest BCUT2D eigenvalue weighted by molar-refractivity contribution is 7.80. The molecule has 0 aromatic carbocycles. The molecule has 12 nitrogen and oxygen atoms in total. The van der Waals surface area contributed by atoms with Crippen LogP contribution in [0.1, 0.15) is 117 Å². The Labute approximate surface area is 288 Å². The Kier molecular flexibility index (Phi) is 25.9. The number of allylic oxidation sites excluding steroid dienone is 6. The Bertz CT molecular complexity index is 1000. The molecule has 1 fully saturated rings. The molecule has 0 aliphatic carbocycles. The Morgan fingerprint density at radius 2 is 1.44 bits per heavy atom. The fourth-order valence-electron chi connectivity index (χ4n) is 5.10. The van der Waals surface area contributed by atoms with E-state index in [1.54, 1.807) is 0 Å². The third kappa shape index (κ3) is 22.1. The first kappa shape index (κ1) is 44.3. The summed E-state index contributed by atoms with van der Waals surface area (Å²) in [5, 5.41) is 30.3. The van der Waals surface area contributed by atoms with E-state index >= 15 is 0 Å². The normalized spacial score (nSPS) is 22.7. The van der Waals surface area contributed by atoms with E-state index in [0.717, 1.165) is 77.0 Å². The molecule has 280 valence electrons. The minimum absolute atomic E-state index is 0.0261. The van der Waals surface area contributed by atoms with Gasteiger partial charge in [-0.2, -0.15) is 8.42 Å². The smallest absolute Gasteiger partial charge is 0.397 e. The van der Waals surface area contributed by atoms with E-state index in [4.69, 9.17) is 23.5 Å². The average Bonchev–Trinajstić information content (AvgIpc) is 3.05. The van der Waals surface area contributed by atoms with Crippen molar-refractivity contribution in [2.45, 2.75) is 153 Å². The number of carbonyl (C=O) groups excluding carboxylic acids is 1. The van der Waals surface area contributed by atoms with Crippen LogP contribution in [0.4, 0.5) is 0 Å². The molecule has 0 aromatic heterocycles. The fraction of sp³-hybridized carbons (Fsp3) is 0.800. The molecule has 0 aromatic rings. The zero-order chi connectivity index (χ0) is 35.5. The zero-order valence-electron chi connectivity index (χ0n) is 29.0. The maximum absolute atomic E-state index is 12.5. The highest BCUT2D eigenvalue weighted by Crippen LogP contribution is 2.26. The Morgan fingerprint density at radius 3 is 2.10 bits per heavy atom. The van der Waals surface area contributed by atoms with E-state index in [0.29, 0.717) is 13.0 Å². The van der Waals surface area contributed by atoms with Crippen LogP contribution in [0.3, 0.4) is 0 Å². The lowest BCUT2D eigenvalue weighted by molar-refractivity contribution is -0.301. The van der Waals surface area contributed by atoms with Crippen molar-refractivity contribution in [3.05, 3.63) is 36.5 Å². The number of esters is 1. The molecule has 1 aliphatic rings. The maximum Gasteiger partial charge on any atom is 0.397 e. The highest BCUT2D eigenvalue weighted by atomic mass is 32.3. The molecule has 0 bridgehead atoms. The van der Waals surface area contributed by atoms with Crippen LogP contribution in [0, 0.1) is 0 Å². The summed E-state index contributed by atoms with van der Waals surface area (Å²) < 4.78 is 58.4. The number of aliphatic hydroxyl groups is 3. The van der Waals surface area contributed by atoms with Crippen molar-refractivity contribution < 1.29 is 56.2 Å². The van der Waals surface area contributed by atoms with Crippen molar-refractivity contribution in [2.24, 2.45) is 0 Å². The number of unbranched alkanes of at least 4 members (excludes halogenated alkanes) is 10. The SMILES string of the molecule is CC/C=C\C/C=C\C/C=C\CCCCCCCCOCC(COC1OC(CO)C(O)C(OS(=O)(=O)O)C1O)OC(=O)CCCCCCC. The zero-order valence-corrected chi connectivity index (χ0v) is 29.8. The van der Waals surface area contributed by atoms with Gasteiger partial charge in [0.05, 0.1) is 19.8 Å². The van der Waals surface area contributed by atoms with E-state index in [-0.39, 0.29) is 19.6 Å². The molecule has 0 radical (unpaired) electrons. The van der Waals surface area contributed by atoms with Gasteiger partial charge in [-0.25, -0.2) is 4.18 Å². The van der Waals surface area contributed by atoms with Gasteiger partial charge in [0.1, 0.15) is 30.5 Å². The van der Waals surface area contributed by atoms with Crippen LogP contribution in [0.25, 0.3) is 0 Å². The van der Waals surface area contributed by atoms with Crippen LogP contribution in [-0.2, 0) is 38.3 Å². The lowest BCUT2D eigenvalue weighted by atomic mass is 9.99. The summed E-state index contributed by atoms with van der Waals surface area (Å²) in [6.45, 7) is 3.71. The summed E-state index contributed by atoms with van der Waals surface area (Å²) in [6, 6.07) is 0. The van der Waals surface area contributed by atoms with Crippen LogP contribution in [0.15, 0.2) is 36.5 Å². The number of rotatable bonds is 29. The van der Waals surface area contributed by atoms with Gasteiger partial charge in [0.15, 0.2) is 6.29 Å². The van der Waals surface area contributed by atoms with Crippen molar-refractivity contribution in [1.29, 1.82) is 0 Å². The summed E-state index contributed by atoms with van der Waals surface area (Å²) >= 11 is 0.